The van der Waals surface area contributed by atoms with Gasteiger partial charge in [0.05, 0.1) is 23.3 Å². The molecule has 3 aromatic rings. The lowest BCUT2D eigenvalue weighted by molar-refractivity contribution is -0.140. The summed E-state index contributed by atoms with van der Waals surface area (Å²) in [5, 5.41) is 2.51. The highest BCUT2D eigenvalue weighted by Gasteiger charge is 2.35. The third-order valence-electron chi connectivity index (χ3n) is 6.19. The van der Waals surface area contributed by atoms with Gasteiger partial charge in [-0.1, -0.05) is 43.3 Å². The highest BCUT2D eigenvalue weighted by Crippen LogP contribution is 2.33. The highest BCUT2D eigenvalue weighted by atomic mass is 32.2. The van der Waals surface area contributed by atoms with Gasteiger partial charge in [0, 0.05) is 13.6 Å². The lowest BCUT2D eigenvalue weighted by Gasteiger charge is -2.33. The number of likely N-dealkylation sites (N-methyl/N-ethyl adjacent to an activating group) is 1. The van der Waals surface area contributed by atoms with Crippen molar-refractivity contribution in [1.29, 1.82) is 0 Å². The van der Waals surface area contributed by atoms with Gasteiger partial charge in [0.2, 0.25) is 11.8 Å². The van der Waals surface area contributed by atoms with Crippen molar-refractivity contribution in [3.05, 3.63) is 90.0 Å². The highest BCUT2D eigenvalue weighted by molar-refractivity contribution is 7.92. The number of amides is 2. The zero-order chi connectivity index (χ0) is 29.5. The van der Waals surface area contributed by atoms with E-state index in [0.717, 1.165) is 12.1 Å². The van der Waals surface area contributed by atoms with E-state index in [1.54, 1.807) is 37.3 Å². The van der Waals surface area contributed by atoms with Crippen LogP contribution in [0.4, 0.5) is 18.9 Å². The molecule has 3 rings (SSSR count). The van der Waals surface area contributed by atoms with Gasteiger partial charge in [0.15, 0.2) is 0 Å². The standard InChI is InChI=1S/C28H30F3N3O5S/c1-4-25(27(36)32-2)33(18-20-10-8-13-23(16-20)39-3)26(35)19-34(40(37,38)24-14-6-5-7-15-24)22-12-9-11-21(17-22)28(29,30)31/h5-17,25H,4,18-19H2,1-3H3,(H,32,36). The maximum absolute atomic E-state index is 13.9. The Balaban J connectivity index is 2.11. The SMILES string of the molecule is CCC(C(=O)NC)N(Cc1cccc(OC)c1)C(=O)CN(c1cccc(C(F)(F)F)c1)S(=O)(=O)c1ccccc1. The summed E-state index contributed by atoms with van der Waals surface area (Å²) in [4.78, 5) is 27.6. The van der Waals surface area contributed by atoms with Crippen molar-refractivity contribution in [2.75, 3.05) is 25.0 Å². The van der Waals surface area contributed by atoms with Gasteiger partial charge in [-0.15, -0.1) is 0 Å². The van der Waals surface area contributed by atoms with E-state index in [0.29, 0.717) is 21.7 Å². The number of nitrogens with zero attached hydrogens (tertiary/aromatic N) is 2. The van der Waals surface area contributed by atoms with Crippen molar-refractivity contribution in [2.45, 2.75) is 37.0 Å². The number of methoxy groups -OCH3 is 1. The fourth-order valence-electron chi connectivity index (χ4n) is 4.14. The number of sulfonamides is 1. The summed E-state index contributed by atoms with van der Waals surface area (Å²) in [5.41, 5.74) is -0.816. The van der Waals surface area contributed by atoms with Gasteiger partial charge < -0.3 is 15.0 Å². The first-order valence-electron chi connectivity index (χ1n) is 12.3. The minimum absolute atomic E-state index is 0.0796. The summed E-state index contributed by atoms with van der Waals surface area (Å²) in [5.74, 6) is -0.749. The molecule has 1 atom stereocenters. The second-order valence-corrected chi connectivity index (χ2v) is 10.6. The van der Waals surface area contributed by atoms with Gasteiger partial charge >= 0.3 is 6.18 Å². The van der Waals surface area contributed by atoms with E-state index in [4.69, 9.17) is 4.74 Å². The van der Waals surface area contributed by atoms with E-state index in [1.165, 1.54) is 49.4 Å². The van der Waals surface area contributed by atoms with Crippen LogP contribution in [-0.2, 0) is 32.3 Å². The number of rotatable bonds is 11. The van der Waals surface area contributed by atoms with E-state index in [1.807, 2.05) is 0 Å². The molecule has 0 fully saturated rings. The number of carbonyl (C=O) groups is 2. The number of hydrogen-bond acceptors (Lipinski definition) is 5. The molecule has 0 aliphatic rings. The maximum Gasteiger partial charge on any atom is 0.416 e. The molecule has 0 spiro atoms. The molecule has 1 unspecified atom stereocenters. The molecular formula is C28H30F3N3O5S. The molecular weight excluding hydrogens is 547 g/mol. The first-order valence-corrected chi connectivity index (χ1v) is 13.8. The average molecular weight is 578 g/mol. The van der Waals surface area contributed by atoms with Gasteiger partial charge in [-0.25, -0.2) is 8.42 Å². The molecule has 12 heteroatoms. The van der Waals surface area contributed by atoms with Crippen molar-refractivity contribution >= 4 is 27.5 Å². The van der Waals surface area contributed by atoms with Gasteiger partial charge in [-0.2, -0.15) is 13.2 Å². The van der Waals surface area contributed by atoms with Crippen LogP contribution in [0.1, 0.15) is 24.5 Å². The molecule has 0 radical (unpaired) electrons. The van der Waals surface area contributed by atoms with Crippen LogP contribution < -0.4 is 14.4 Å². The minimum Gasteiger partial charge on any atom is -0.497 e. The van der Waals surface area contributed by atoms with Crippen molar-refractivity contribution in [3.8, 4) is 5.75 Å². The summed E-state index contributed by atoms with van der Waals surface area (Å²) in [7, 11) is -1.60. The molecule has 2 amide bonds. The predicted octanol–water partition coefficient (Wildman–Crippen LogP) is 4.46. The van der Waals surface area contributed by atoms with Crippen molar-refractivity contribution in [1.82, 2.24) is 10.2 Å². The van der Waals surface area contributed by atoms with Crippen LogP contribution in [0.3, 0.4) is 0 Å². The molecule has 0 aliphatic heterocycles. The Bertz CT molecular complexity index is 1430. The van der Waals surface area contributed by atoms with Crippen molar-refractivity contribution < 1.29 is 35.9 Å². The van der Waals surface area contributed by atoms with Gasteiger partial charge in [0.1, 0.15) is 18.3 Å². The Kier molecular flexibility index (Phi) is 9.80. The number of alkyl halides is 3. The molecule has 8 nitrogen and oxygen atoms in total. The lowest BCUT2D eigenvalue weighted by Crippen LogP contribution is -2.51. The number of halogens is 3. The molecule has 214 valence electrons. The van der Waals surface area contributed by atoms with Crippen molar-refractivity contribution in [3.63, 3.8) is 0 Å². The first-order chi connectivity index (χ1) is 18.9. The Morgan fingerprint density at radius 2 is 1.65 bits per heavy atom. The molecule has 1 N–H and O–H groups in total. The Morgan fingerprint density at radius 1 is 0.975 bits per heavy atom. The van der Waals surface area contributed by atoms with Crippen LogP contribution in [0.15, 0.2) is 83.8 Å². The van der Waals surface area contributed by atoms with E-state index >= 15 is 0 Å². The quantitative estimate of drug-likeness (QED) is 0.363. The second kappa shape index (κ2) is 12.9. The van der Waals surface area contributed by atoms with Gasteiger partial charge in [-0.05, 0) is 54.4 Å². The van der Waals surface area contributed by atoms with E-state index in [-0.39, 0.29) is 23.5 Å². The number of nitrogens with one attached hydrogen (secondary N) is 1. The van der Waals surface area contributed by atoms with Crippen LogP contribution >= 0.6 is 0 Å². The van der Waals surface area contributed by atoms with Crippen LogP contribution in [0, 0.1) is 0 Å². The lowest BCUT2D eigenvalue weighted by atomic mass is 10.1. The normalized spacial score (nSPS) is 12.3. The van der Waals surface area contributed by atoms with Crippen LogP contribution in [-0.4, -0.2) is 51.9 Å². The first kappa shape index (κ1) is 30.5. The molecule has 0 aromatic heterocycles. The summed E-state index contributed by atoms with van der Waals surface area (Å²) in [6, 6.07) is 16.6. The summed E-state index contributed by atoms with van der Waals surface area (Å²) < 4.78 is 73.9. The predicted molar refractivity (Wildman–Crippen MR) is 144 cm³/mol. The second-order valence-electron chi connectivity index (χ2n) is 8.78. The molecule has 0 saturated heterocycles. The fourth-order valence-corrected chi connectivity index (χ4v) is 5.57. The van der Waals surface area contributed by atoms with Crippen LogP contribution in [0.25, 0.3) is 0 Å². The summed E-state index contributed by atoms with van der Waals surface area (Å²) >= 11 is 0. The molecule has 0 bridgehead atoms. The number of ether oxygens (including phenoxy) is 1. The van der Waals surface area contributed by atoms with E-state index in [9.17, 15) is 31.2 Å². The average Bonchev–Trinajstić information content (AvgIpc) is 2.95. The smallest absolute Gasteiger partial charge is 0.416 e. The zero-order valence-corrected chi connectivity index (χ0v) is 23.0. The third kappa shape index (κ3) is 7.12. The Labute approximate surface area is 231 Å². The van der Waals surface area contributed by atoms with Crippen molar-refractivity contribution in [2.24, 2.45) is 0 Å². The summed E-state index contributed by atoms with van der Waals surface area (Å²) in [6.45, 7) is 0.761. The number of benzene rings is 3. The molecule has 0 aliphatic carbocycles. The number of carbonyl (C=O) groups excluding carboxylic acids is 2. The van der Waals surface area contributed by atoms with Gasteiger partial charge in [-0.3, -0.25) is 13.9 Å². The molecule has 0 heterocycles. The van der Waals surface area contributed by atoms with E-state index < -0.39 is 46.2 Å². The number of anilines is 1. The maximum atomic E-state index is 13.9. The molecule has 40 heavy (non-hydrogen) atoms. The minimum atomic E-state index is -4.74. The largest absolute Gasteiger partial charge is 0.497 e. The Hall–Kier alpha value is -4.06. The van der Waals surface area contributed by atoms with E-state index in [2.05, 4.69) is 5.32 Å². The monoisotopic (exact) mass is 577 g/mol. The van der Waals surface area contributed by atoms with Gasteiger partial charge in [0.25, 0.3) is 10.0 Å². The summed E-state index contributed by atoms with van der Waals surface area (Å²) in [6.07, 6.45) is -4.54. The van der Waals surface area contributed by atoms with Crippen LogP contribution in [0.5, 0.6) is 5.75 Å². The molecule has 0 saturated carbocycles. The topological polar surface area (TPSA) is 96.0 Å². The molecule has 3 aromatic carbocycles. The number of hydrogen-bond donors (Lipinski definition) is 1. The zero-order valence-electron chi connectivity index (χ0n) is 22.2. The fraction of sp³-hybridized carbons (Fsp3) is 0.286. The van der Waals surface area contributed by atoms with Crippen LogP contribution in [0.2, 0.25) is 0 Å². The third-order valence-corrected chi connectivity index (χ3v) is 7.98. The Morgan fingerprint density at radius 3 is 2.25 bits per heavy atom.